The number of hydrogen-bond acceptors (Lipinski definition) is 8. The fourth-order valence-electron chi connectivity index (χ4n) is 2.01. The van der Waals surface area contributed by atoms with E-state index in [0.29, 0.717) is 5.17 Å². The van der Waals surface area contributed by atoms with E-state index in [-0.39, 0.29) is 0 Å². The van der Waals surface area contributed by atoms with Crippen LogP contribution in [0, 0.1) is 0 Å². The second-order valence-corrected chi connectivity index (χ2v) is 5.68. The van der Waals surface area contributed by atoms with Gasteiger partial charge in [-0.2, -0.15) is 0 Å². The Balaban J connectivity index is 2.14. The summed E-state index contributed by atoms with van der Waals surface area (Å²) in [7, 11) is 3.65. The Morgan fingerprint density at radius 2 is 2.06 bits per heavy atom. The fraction of sp³-hybridized carbons (Fsp3) is 0.900. The van der Waals surface area contributed by atoms with Crippen LogP contribution in [0.5, 0.6) is 0 Å². The van der Waals surface area contributed by atoms with Crippen LogP contribution in [0.4, 0.5) is 0 Å². The lowest BCUT2D eigenvalue weighted by molar-refractivity contribution is -0.190. The molecule has 7 nitrogen and oxygen atoms in total. The average molecular weight is 278 g/mol. The molecule has 1 fully saturated rings. The largest absolute Gasteiger partial charge is 0.394 e. The van der Waals surface area contributed by atoms with Gasteiger partial charge >= 0.3 is 0 Å². The Labute approximate surface area is 109 Å². The van der Waals surface area contributed by atoms with Gasteiger partial charge in [0, 0.05) is 14.1 Å². The molecule has 4 N–H and O–H groups in total. The summed E-state index contributed by atoms with van der Waals surface area (Å²) in [6, 6.07) is -0.551. The minimum Gasteiger partial charge on any atom is -0.394 e. The monoisotopic (exact) mass is 278 g/mol. The number of hydrogen-bond donors (Lipinski definition) is 4. The molecule has 0 unspecified atom stereocenters. The lowest BCUT2D eigenvalue weighted by atomic mass is 9.95. The number of fused-ring (bicyclic) bond motifs is 1. The third-order valence-corrected chi connectivity index (χ3v) is 4.34. The highest BCUT2D eigenvalue weighted by Crippen LogP contribution is 2.37. The van der Waals surface area contributed by atoms with Crippen LogP contribution < -0.4 is 0 Å². The van der Waals surface area contributed by atoms with E-state index in [4.69, 9.17) is 9.84 Å². The molecule has 6 atom stereocenters. The zero-order valence-electron chi connectivity index (χ0n) is 10.2. The van der Waals surface area contributed by atoms with Gasteiger partial charge in [0.2, 0.25) is 0 Å². The molecule has 0 saturated carbocycles. The van der Waals surface area contributed by atoms with Crippen LogP contribution in [-0.2, 0) is 4.74 Å². The summed E-state index contributed by atoms with van der Waals surface area (Å²) in [5, 5.41) is 39.0. The second-order valence-electron chi connectivity index (χ2n) is 4.61. The second kappa shape index (κ2) is 5.32. The molecule has 0 amide bonds. The van der Waals surface area contributed by atoms with E-state index in [9.17, 15) is 15.3 Å². The highest BCUT2D eigenvalue weighted by molar-refractivity contribution is 8.14. The van der Waals surface area contributed by atoms with Crippen LogP contribution in [-0.4, -0.2) is 87.1 Å². The van der Waals surface area contributed by atoms with Crippen molar-refractivity contribution in [2.75, 3.05) is 20.7 Å². The molecule has 8 heteroatoms. The van der Waals surface area contributed by atoms with Gasteiger partial charge in [-0.05, 0) is 0 Å². The quantitative estimate of drug-likeness (QED) is 0.455. The van der Waals surface area contributed by atoms with Gasteiger partial charge in [0.1, 0.15) is 35.9 Å². The van der Waals surface area contributed by atoms with Gasteiger partial charge in [0.15, 0.2) is 5.17 Å². The van der Waals surface area contributed by atoms with Crippen molar-refractivity contribution in [3.05, 3.63) is 0 Å². The molecule has 1 saturated heterocycles. The van der Waals surface area contributed by atoms with E-state index in [0.717, 1.165) is 0 Å². The Kier molecular flexibility index (Phi) is 4.15. The van der Waals surface area contributed by atoms with Crippen molar-refractivity contribution < 1.29 is 25.2 Å². The molecule has 0 bridgehead atoms. The van der Waals surface area contributed by atoms with Crippen LogP contribution in [0.3, 0.4) is 0 Å². The first-order valence-electron chi connectivity index (χ1n) is 5.68. The van der Waals surface area contributed by atoms with E-state index < -0.39 is 42.5 Å². The molecule has 2 aliphatic rings. The summed E-state index contributed by atoms with van der Waals surface area (Å²) in [5.74, 6) is 0. The van der Waals surface area contributed by atoms with Gasteiger partial charge in [0.05, 0.1) is 6.61 Å². The third kappa shape index (κ3) is 2.36. The maximum Gasteiger partial charge on any atom is 0.161 e. The van der Waals surface area contributed by atoms with Gasteiger partial charge in [-0.25, -0.2) is 0 Å². The third-order valence-electron chi connectivity index (χ3n) is 3.04. The highest BCUT2D eigenvalue weighted by Gasteiger charge is 2.50. The average Bonchev–Trinajstić information content (AvgIpc) is 2.77. The summed E-state index contributed by atoms with van der Waals surface area (Å²) >= 11 is 1.33. The molecule has 0 aromatic carbocycles. The van der Waals surface area contributed by atoms with Crippen LogP contribution in [0.1, 0.15) is 0 Å². The highest BCUT2D eigenvalue weighted by atomic mass is 32.2. The number of aliphatic hydroxyl groups is 4. The first-order chi connectivity index (χ1) is 8.45. The summed E-state index contributed by atoms with van der Waals surface area (Å²) in [6.07, 6.45) is -4.60. The van der Waals surface area contributed by atoms with Crippen molar-refractivity contribution in [2.45, 2.75) is 35.9 Å². The van der Waals surface area contributed by atoms with Crippen LogP contribution in [0.15, 0.2) is 4.99 Å². The topological polar surface area (TPSA) is 106 Å². The standard InChI is InChI=1S/C10H18N2O5S/c1-12(2)10-11-5-6(15)7(16)8(4(14)3-13)17-9(5)18-10/h4-9,13-16H,3H2,1-2H3/t4-,5+,6+,7-,8+,9+/m0/s1. The number of ether oxygens (including phenoxy) is 1. The molecule has 0 aliphatic carbocycles. The van der Waals surface area contributed by atoms with E-state index in [1.54, 1.807) is 4.90 Å². The van der Waals surface area contributed by atoms with Crippen molar-refractivity contribution in [1.82, 2.24) is 4.90 Å². The minimum absolute atomic E-state index is 0.452. The van der Waals surface area contributed by atoms with Gasteiger partial charge in [-0.3, -0.25) is 4.99 Å². The van der Waals surface area contributed by atoms with E-state index >= 15 is 0 Å². The number of aliphatic imine (C=N–C) groups is 1. The summed E-state index contributed by atoms with van der Waals surface area (Å²) in [5.41, 5.74) is -0.452. The van der Waals surface area contributed by atoms with Crippen LogP contribution in [0.25, 0.3) is 0 Å². The molecule has 2 aliphatic heterocycles. The maximum atomic E-state index is 10.0. The van der Waals surface area contributed by atoms with Gasteiger partial charge in [-0.15, -0.1) is 0 Å². The molecule has 2 heterocycles. The van der Waals surface area contributed by atoms with Crippen molar-refractivity contribution in [3.8, 4) is 0 Å². The predicted octanol–water partition coefficient (Wildman–Crippen LogP) is -2.18. The van der Waals surface area contributed by atoms with Gasteiger partial charge < -0.3 is 30.1 Å². The van der Waals surface area contributed by atoms with Crippen molar-refractivity contribution in [3.63, 3.8) is 0 Å². The van der Waals surface area contributed by atoms with Gasteiger partial charge in [-0.1, -0.05) is 11.8 Å². The molecular formula is C10H18N2O5S. The van der Waals surface area contributed by atoms with E-state index in [1.165, 1.54) is 11.8 Å². The van der Waals surface area contributed by atoms with Crippen LogP contribution in [0.2, 0.25) is 0 Å². The molecule has 0 aromatic rings. The first kappa shape index (κ1) is 14.0. The SMILES string of the molecule is CN(C)C1=N[C@@H]2[C@@H](O)[C@H](O)[C@@H]([C@@H](O)CO)O[C@@H]2S1. The molecule has 2 rings (SSSR count). The lowest BCUT2D eigenvalue weighted by Gasteiger charge is -2.39. The summed E-state index contributed by atoms with van der Waals surface area (Å²) < 4.78 is 5.53. The van der Waals surface area contributed by atoms with Gasteiger partial charge in [0.25, 0.3) is 0 Å². The fourth-order valence-corrected chi connectivity index (χ4v) is 3.16. The summed E-state index contributed by atoms with van der Waals surface area (Å²) in [4.78, 5) is 6.08. The number of aliphatic hydroxyl groups excluding tert-OH is 4. The molecule has 0 aromatic heterocycles. The summed E-state index contributed by atoms with van der Waals surface area (Å²) in [6.45, 7) is -0.530. The van der Waals surface area contributed by atoms with Crippen LogP contribution >= 0.6 is 11.8 Å². The molecule has 18 heavy (non-hydrogen) atoms. The zero-order valence-corrected chi connectivity index (χ0v) is 11.0. The Hall–Kier alpha value is -0.380. The molecule has 0 radical (unpaired) electrons. The Morgan fingerprint density at radius 1 is 1.39 bits per heavy atom. The maximum absolute atomic E-state index is 10.0. The van der Waals surface area contributed by atoms with Crippen molar-refractivity contribution >= 4 is 16.9 Å². The zero-order chi connectivity index (χ0) is 13.4. The Morgan fingerprint density at radius 3 is 2.61 bits per heavy atom. The van der Waals surface area contributed by atoms with Crippen molar-refractivity contribution in [2.24, 2.45) is 4.99 Å². The number of rotatable bonds is 2. The minimum atomic E-state index is -1.26. The number of thioether (sulfide) groups is 1. The molecular weight excluding hydrogens is 260 g/mol. The van der Waals surface area contributed by atoms with E-state index in [2.05, 4.69) is 4.99 Å². The number of amidine groups is 1. The Bertz CT molecular complexity index is 340. The predicted molar refractivity (Wildman–Crippen MR) is 66.3 cm³/mol. The first-order valence-corrected chi connectivity index (χ1v) is 6.56. The number of nitrogens with zero attached hydrogens (tertiary/aromatic N) is 2. The normalized spacial score (nSPS) is 41.2. The smallest absolute Gasteiger partial charge is 0.161 e. The molecule has 0 spiro atoms. The van der Waals surface area contributed by atoms with E-state index in [1.807, 2.05) is 14.1 Å². The lowest BCUT2D eigenvalue weighted by Crippen LogP contribution is -2.58. The molecule has 104 valence electrons. The van der Waals surface area contributed by atoms with Crippen molar-refractivity contribution in [1.29, 1.82) is 0 Å².